The fourth-order valence-electron chi connectivity index (χ4n) is 6.02. The largest absolute Gasteiger partial charge is 0.463 e. The van der Waals surface area contributed by atoms with Gasteiger partial charge in [0.15, 0.2) is 11.3 Å². The fourth-order valence-corrected chi connectivity index (χ4v) is 6.02. The van der Waals surface area contributed by atoms with Crippen LogP contribution in [0.3, 0.4) is 0 Å². The smallest absolute Gasteiger partial charge is 0.324 e. The first kappa shape index (κ1) is 19.9. The highest BCUT2D eigenvalue weighted by Crippen LogP contribution is 2.47. The maximum atomic E-state index is 14.4. The summed E-state index contributed by atoms with van der Waals surface area (Å²) in [6.45, 7) is 3.69. The SMILES string of the molecule is Cc1cc(F)cc2c1Cc1nc(Oc3cnc4ccoc4c3)nc(N3CC4CCC(N)C4C3)c1-2. The first-order chi connectivity index (χ1) is 16.5. The number of anilines is 1. The molecule has 1 aromatic carbocycles. The van der Waals surface area contributed by atoms with Crippen LogP contribution in [0.15, 0.2) is 41.1 Å². The van der Waals surface area contributed by atoms with E-state index in [1.165, 1.54) is 0 Å². The van der Waals surface area contributed by atoms with Crippen molar-refractivity contribution >= 4 is 16.9 Å². The number of aryl methyl sites for hydroxylation is 1. The number of fused-ring (bicyclic) bond motifs is 5. The molecule has 3 unspecified atom stereocenters. The van der Waals surface area contributed by atoms with E-state index < -0.39 is 0 Å². The summed E-state index contributed by atoms with van der Waals surface area (Å²) in [4.78, 5) is 16.3. The number of nitrogens with zero attached hydrogens (tertiary/aromatic N) is 4. The molecular formula is C26H24FN5O2. The Balaban J connectivity index is 1.33. The van der Waals surface area contributed by atoms with Gasteiger partial charge >= 0.3 is 6.01 Å². The van der Waals surface area contributed by atoms with E-state index in [1.54, 1.807) is 36.7 Å². The molecule has 4 aromatic rings. The van der Waals surface area contributed by atoms with Crippen LogP contribution >= 0.6 is 0 Å². The number of benzene rings is 1. The normalized spacial score (nSPS) is 22.8. The molecule has 34 heavy (non-hydrogen) atoms. The molecule has 0 spiro atoms. The zero-order valence-electron chi connectivity index (χ0n) is 18.8. The second-order valence-electron chi connectivity index (χ2n) is 9.72. The van der Waals surface area contributed by atoms with E-state index in [2.05, 4.69) is 9.88 Å². The Morgan fingerprint density at radius 3 is 2.97 bits per heavy atom. The molecule has 1 saturated carbocycles. The lowest BCUT2D eigenvalue weighted by molar-refractivity contribution is 0.438. The number of rotatable bonds is 3. The Morgan fingerprint density at radius 1 is 1.18 bits per heavy atom. The summed E-state index contributed by atoms with van der Waals surface area (Å²) >= 11 is 0. The highest BCUT2D eigenvalue weighted by Gasteiger charge is 2.43. The van der Waals surface area contributed by atoms with E-state index in [4.69, 9.17) is 24.9 Å². The molecule has 7 rings (SSSR count). The van der Waals surface area contributed by atoms with Gasteiger partial charge in [0.25, 0.3) is 0 Å². The third kappa shape index (κ3) is 3.01. The molecule has 4 heterocycles. The van der Waals surface area contributed by atoms with Crippen LogP contribution in [-0.2, 0) is 6.42 Å². The van der Waals surface area contributed by atoms with Crippen molar-refractivity contribution in [3.63, 3.8) is 0 Å². The van der Waals surface area contributed by atoms with Crippen LogP contribution in [0.1, 0.15) is 29.7 Å². The molecule has 1 aliphatic heterocycles. The van der Waals surface area contributed by atoms with E-state index in [0.29, 0.717) is 29.6 Å². The van der Waals surface area contributed by atoms with Crippen molar-refractivity contribution in [2.45, 2.75) is 32.2 Å². The van der Waals surface area contributed by atoms with E-state index in [0.717, 1.165) is 65.2 Å². The summed E-state index contributed by atoms with van der Waals surface area (Å²) < 4.78 is 26.0. The molecule has 0 amide bonds. The quantitative estimate of drug-likeness (QED) is 0.423. The lowest BCUT2D eigenvalue weighted by Crippen LogP contribution is -2.30. The van der Waals surface area contributed by atoms with Crippen LogP contribution in [0, 0.1) is 24.6 Å². The summed E-state index contributed by atoms with van der Waals surface area (Å²) in [5.41, 5.74) is 12.5. The average molecular weight is 458 g/mol. The number of hydrogen-bond donors (Lipinski definition) is 1. The number of aromatic nitrogens is 3. The second kappa shape index (κ2) is 7.24. The zero-order chi connectivity index (χ0) is 23.0. The molecule has 3 aromatic heterocycles. The van der Waals surface area contributed by atoms with Gasteiger partial charge in [-0.25, -0.2) is 9.37 Å². The van der Waals surface area contributed by atoms with Crippen molar-refractivity contribution in [1.29, 1.82) is 0 Å². The van der Waals surface area contributed by atoms with Crippen LogP contribution in [0.25, 0.3) is 22.2 Å². The highest BCUT2D eigenvalue weighted by atomic mass is 19.1. The van der Waals surface area contributed by atoms with Gasteiger partial charge in [0.1, 0.15) is 17.2 Å². The number of hydrogen-bond acceptors (Lipinski definition) is 7. The van der Waals surface area contributed by atoms with Gasteiger partial charge in [0.2, 0.25) is 0 Å². The number of pyridine rings is 1. The van der Waals surface area contributed by atoms with Crippen LogP contribution in [0.2, 0.25) is 0 Å². The van der Waals surface area contributed by atoms with Crippen molar-refractivity contribution in [3.8, 4) is 22.9 Å². The molecule has 7 nitrogen and oxygen atoms in total. The maximum Gasteiger partial charge on any atom is 0.324 e. The molecule has 3 atom stereocenters. The van der Waals surface area contributed by atoms with Crippen molar-refractivity contribution < 1.29 is 13.5 Å². The minimum Gasteiger partial charge on any atom is -0.463 e. The Labute approximate surface area is 195 Å². The molecule has 2 aliphatic carbocycles. The van der Waals surface area contributed by atoms with Gasteiger partial charge in [-0.1, -0.05) is 0 Å². The lowest BCUT2D eigenvalue weighted by atomic mass is 9.98. The molecular weight excluding hydrogens is 433 g/mol. The maximum absolute atomic E-state index is 14.4. The van der Waals surface area contributed by atoms with Crippen molar-refractivity contribution in [3.05, 3.63) is 59.4 Å². The molecule has 2 N–H and O–H groups in total. The summed E-state index contributed by atoms with van der Waals surface area (Å²) in [6, 6.07) is 7.26. The van der Waals surface area contributed by atoms with Gasteiger partial charge in [-0.3, -0.25) is 0 Å². The van der Waals surface area contributed by atoms with Crippen molar-refractivity contribution in [2.24, 2.45) is 17.6 Å². The number of halogens is 1. The predicted molar refractivity (Wildman–Crippen MR) is 125 cm³/mol. The summed E-state index contributed by atoms with van der Waals surface area (Å²) in [5, 5.41) is 0. The monoisotopic (exact) mass is 457 g/mol. The Kier molecular flexibility index (Phi) is 4.24. The third-order valence-electron chi connectivity index (χ3n) is 7.69. The first-order valence-corrected chi connectivity index (χ1v) is 11.8. The van der Waals surface area contributed by atoms with E-state index in [1.807, 2.05) is 6.92 Å². The van der Waals surface area contributed by atoms with Gasteiger partial charge in [-0.2, -0.15) is 9.97 Å². The van der Waals surface area contributed by atoms with Gasteiger partial charge < -0.3 is 19.8 Å². The summed E-state index contributed by atoms with van der Waals surface area (Å²) in [5.74, 6) is 2.08. The van der Waals surface area contributed by atoms with Crippen LogP contribution in [-0.4, -0.2) is 34.1 Å². The van der Waals surface area contributed by atoms with Gasteiger partial charge in [-0.15, -0.1) is 0 Å². The number of furan rings is 1. The van der Waals surface area contributed by atoms with Crippen LogP contribution in [0.5, 0.6) is 11.8 Å². The Morgan fingerprint density at radius 2 is 2.09 bits per heavy atom. The topological polar surface area (TPSA) is 90.3 Å². The predicted octanol–water partition coefficient (Wildman–Crippen LogP) is 4.60. The van der Waals surface area contributed by atoms with E-state index in [-0.39, 0.29) is 17.9 Å². The van der Waals surface area contributed by atoms with Crippen molar-refractivity contribution in [1.82, 2.24) is 15.0 Å². The minimum atomic E-state index is -0.242. The lowest BCUT2D eigenvalue weighted by Gasteiger charge is -2.23. The van der Waals surface area contributed by atoms with Crippen LogP contribution in [0.4, 0.5) is 10.2 Å². The van der Waals surface area contributed by atoms with Gasteiger partial charge in [-0.05, 0) is 60.4 Å². The molecule has 1 saturated heterocycles. The highest BCUT2D eigenvalue weighted by molar-refractivity contribution is 5.85. The molecule has 172 valence electrons. The standard InChI is InChI=1S/C26H24FN5O2/c1-13-6-15(27)7-18-17(13)9-22-24(18)25(32-11-14-2-3-20(28)19(14)12-32)31-26(30-22)34-16-8-23-21(29-10-16)4-5-33-23/h4-8,10,14,19-20H,2-3,9,11-12,28H2,1H3. The van der Waals surface area contributed by atoms with Gasteiger partial charge in [0, 0.05) is 43.2 Å². The Hall–Kier alpha value is -3.52. The minimum absolute atomic E-state index is 0.221. The van der Waals surface area contributed by atoms with E-state index in [9.17, 15) is 4.39 Å². The summed E-state index contributed by atoms with van der Waals surface area (Å²) in [6.07, 6.45) is 6.08. The molecule has 2 fully saturated rings. The second-order valence-corrected chi connectivity index (χ2v) is 9.72. The van der Waals surface area contributed by atoms with Gasteiger partial charge in [0.05, 0.1) is 18.2 Å². The number of ether oxygens (including phenoxy) is 1. The third-order valence-corrected chi connectivity index (χ3v) is 7.69. The molecule has 3 aliphatic rings. The number of nitrogens with two attached hydrogens (primary N) is 1. The fraction of sp³-hybridized carbons (Fsp3) is 0.346. The molecule has 8 heteroatoms. The molecule has 0 radical (unpaired) electrons. The average Bonchev–Trinajstić information content (AvgIpc) is 3.57. The van der Waals surface area contributed by atoms with Crippen molar-refractivity contribution in [2.75, 3.05) is 18.0 Å². The first-order valence-electron chi connectivity index (χ1n) is 11.8. The zero-order valence-corrected chi connectivity index (χ0v) is 18.8. The summed E-state index contributed by atoms with van der Waals surface area (Å²) in [7, 11) is 0. The molecule has 0 bridgehead atoms. The van der Waals surface area contributed by atoms with E-state index >= 15 is 0 Å². The Bertz CT molecular complexity index is 1450. The van der Waals surface area contributed by atoms with Crippen LogP contribution < -0.4 is 15.4 Å².